The number of benzene rings is 1. The number of aromatic nitrogens is 1. The van der Waals surface area contributed by atoms with Crippen LogP contribution in [0.1, 0.15) is 47.5 Å². The number of pyridine rings is 1. The van der Waals surface area contributed by atoms with Crippen LogP contribution in [0.25, 0.3) is 0 Å². The van der Waals surface area contributed by atoms with Crippen molar-refractivity contribution < 1.29 is 32.6 Å². The van der Waals surface area contributed by atoms with Crippen molar-refractivity contribution in [3.63, 3.8) is 0 Å². The lowest BCUT2D eigenvalue weighted by Crippen LogP contribution is -2.50. The lowest BCUT2D eigenvalue weighted by molar-refractivity contribution is -0.121. The minimum absolute atomic E-state index is 0.0282. The molecule has 3 aromatic rings. The number of aryl methyl sites for hydroxylation is 1. The maximum atomic E-state index is 13.3. The maximum Gasteiger partial charge on any atom is 0.250 e. The Balaban J connectivity index is 1.28. The van der Waals surface area contributed by atoms with E-state index in [9.17, 15) is 33.0 Å². The first-order valence-corrected chi connectivity index (χ1v) is 15.2. The highest BCUT2D eigenvalue weighted by Gasteiger charge is 2.38. The van der Waals surface area contributed by atoms with Crippen LogP contribution in [0.15, 0.2) is 56.5 Å². The number of nitrogens with zero attached hydrogens (tertiary/aromatic N) is 2. The summed E-state index contributed by atoms with van der Waals surface area (Å²) < 4.78 is 40.5. The molecule has 1 aromatic carbocycles. The van der Waals surface area contributed by atoms with E-state index in [2.05, 4.69) is 5.32 Å². The molecule has 0 radical (unpaired) electrons. The van der Waals surface area contributed by atoms with E-state index in [0.29, 0.717) is 18.7 Å². The number of amides is 1. The molecule has 1 saturated heterocycles. The number of hydrogen-bond acceptors (Lipinski definition) is 9. The smallest absolute Gasteiger partial charge is 0.250 e. The van der Waals surface area contributed by atoms with Gasteiger partial charge in [0.15, 0.2) is 17.3 Å². The first-order chi connectivity index (χ1) is 20.0. The summed E-state index contributed by atoms with van der Waals surface area (Å²) in [6.07, 6.45) is 0.533. The summed E-state index contributed by atoms with van der Waals surface area (Å²) in [5.74, 6) is -2.39. The van der Waals surface area contributed by atoms with Crippen LogP contribution in [0.5, 0.6) is 17.2 Å². The summed E-state index contributed by atoms with van der Waals surface area (Å²) in [4.78, 5) is 37.6. The predicted octanol–water partition coefficient (Wildman–Crippen LogP) is 1.62. The second-order valence-corrected chi connectivity index (χ2v) is 12.9. The third-order valence-electron chi connectivity index (χ3n) is 7.91. The van der Waals surface area contributed by atoms with E-state index in [4.69, 9.17) is 9.15 Å². The van der Waals surface area contributed by atoms with Gasteiger partial charge in [-0.15, -0.1) is 0 Å². The Morgan fingerprint density at radius 1 is 1.14 bits per heavy atom. The van der Waals surface area contributed by atoms with Gasteiger partial charge in [0.2, 0.25) is 27.1 Å². The SMILES string of the molecule is COc1cc(C(CC(=O)NCCS(=O)(=O)N2C[C@H]3C[C@@H](C2)c2cccc(=O)n2C3)c2oc(C)cc(=O)c2O)ccc1O. The zero-order valence-corrected chi connectivity index (χ0v) is 24.1. The van der Waals surface area contributed by atoms with E-state index >= 15 is 0 Å². The largest absolute Gasteiger partial charge is 0.504 e. The highest BCUT2D eigenvalue weighted by molar-refractivity contribution is 7.89. The Labute approximate surface area is 242 Å². The molecule has 12 nitrogen and oxygen atoms in total. The molecule has 0 aliphatic carbocycles. The number of methoxy groups -OCH3 is 1. The molecular formula is C29H33N3O9S. The van der Waals surface area contributed by atoms with Crippen molar-refractivity contribution in [2.75, 3.05) is 32.5 Å². The predicted molar refractivity (Wildman–Crippen MR) is 152 cm³/mol. The van der Waals surface area contributed by atoms with Crippen LogP contribution >= 0.6 is 0 Å². The van der Waals surface area contributed by atoms with Crippen molar-refractivity contribution in [3.8, 4) is 17.2 Å². The minimum atomic E-state index is -3.71. The molecule has 2 bridgehead atoms. The molecule has 3 atom stereocenters. The Bertz CT molecular complexity index is 1730. The van der Waals surface area contributed by atoms with Gasteiger partial charge >= 0.3 is 0 Å². The van der Waals surface area contributed by atoms with Crippen molar-refractivity contribution in [1.82, 2.24) is 14.2 Å². The number of carbonyl (C=O) groups is 1. The summed E-state index contributed by atoms with van der Waals surface area (Å²) in [5.41, 5.74) is 0.518. The van der Waals surface area contributed by atoms with Gasteiger partial charge in [0.1, 0.15) is 5.76 Å². The van der Waals surface area contributed by atoms with Crippen LogP contribution in [0, 0.1) is 12.8 Å². The molecule has 5 rings (SSSR count). The normalized spacial score (nSPS) is 19.1. The van der Waals surface area contributed by atoms with E-state index in [1.54, 1.807) is 10.6 Å². The van der Waals surface area contributed by atoms with Crippen LogP contribution < -0.4 is 21.0 Å². The number of nitrogens with one attached hydrogen (secondary N) is 1. The monoisotopic (exact) mass is 599 g/mol. The average Bonchev–Trinajstić information content (AvgIpc) is 2.94. The molecule has 0 spiro atoms. The van der Waals surface area contributed by atoms with Crippen LogP contribution in [0.2, 0.25) is 0 Å². The van der Waals surface area contributed by atoms with Crippen LogP contribution in [0.4, 0.5) is 0 Å². The van der Waals surface area contributed by atoms with Gasteiger partial charge in [-0.05, 0) is 43.0 Å². The number of phenols is 1. The molecule has 42 heavy (non-hydrogen) atoms. The highest BCUT2D eigenvalue weighted by Crippen LogP contribution is 2.38. The molecule has 0 saturated carbocycles. The number of rotatable bonds is 9. The van der Waals surface area contributed by atoms with E-state index in [0.717, 1.165) is 18.2 Å². The second kappa shape index (κ2) is 11.6. The van der Waals surface area contributed by atoms with E-state index in [1.807, 2.05) is 6.07 Å². The highest BCUT2D eigenvalue weighted by atomic mass is 32.2. The van der Waals surface area contributed by atoms with Crippen LogP contribution in [0.3, 0.4) is 0 Å². The standard InChI is InChI=1S/C29H33N3O9S/c1-17-10-24(34)28(37)29(41-17)21(19-6-7-23(33)25(12-19)40-2)13-26(35)30-8-9-42(38,39)31-14-18-11-20(16-31)22-4-3-5-27(36)32(22)15-18/h3-7,10,12,18,20-21,33,37H,8-9,11,13-16H2,1-2H3,(H,30,35)/t18-,20+,21?/m1/s1. The summed E-state index contributed by atoms with van der Waals surface area (Å²) in [6, 6.07) is 10.6. The van der Waals surface area contributed by atoms with Crippen molar-refractivity contribution in [1.29, 1.82) is 0 Å². The number of carbonyl (C=O) groups excluding carboxylic acids is 1. The number of hydrogen-bond donors (Lipinski definition) is 3. The number of aromatic hydroxyl groups is 2. The molecule has 1 amide bonds. The van der Waals surface area contributed by atoms with Gasteiger partial charge in [-0.2, -0.15) is 0 Å². The lowest BCUT2D eigenvalue weighted by Gasteiger charge is -2.42. The fourth-order valence-corrected chi connectivity index (χ4v) is 7.38. The number of sulfonamides is 1. The van der Waals surface area contributed by atoms with Gasteiger partial charge in [0.05, 0.1) is 18.8 Å². The number of piperidine rings is 1. The van der Waals surface area contributed by atoms with Gasteiger partial charge in [-0.1, -0.05) is 12.1 Å². The third kappa shape index (κ3) is 5.93. The topological polar surface area (TPSA) is 168 Å². The minimum Gasteiger partial charge on any atom is -0.504 e. The Morgan fingerprint density at radius 3 is 2.69 bits per heavy atom. The molecule has 224 valence electrons. The quantitative estimate of drug-likeness (QED) is 0.331. The first-order valence-electron chi connectivity index (χ1n) is 13.6. The summed E-state index contributed by atoms with van der Waals surface area (Å²) in [5, 5.41) is 23.2. The zero-order valence-electron chi connectivity index (χ0n) is 23.3. The third-order valence-corrected chi connectivity index (χ3v) is 9.71. The fraction of sp³-hybridized carbons (Fsp3) is 0.414. The fourth-order valence-electron chi connectivity index (χ4n) is 5.92. The van der Waals surface area contributed by atoms with E-state index < -0.39 is 33.0 Å². The summed E-state index contributed by atoms with van der Waals surface area (Å²) >= 11 is 0. The molecule has 13 heteroatoms. The maximum absolute atomic E-state index is 13.3. The molecule has 1 unspecified atom stereocenters. The van der Waals surface area contributed by atoms with Crippen LogP contribution in [-0.2, 0) is 21.4 Å². The first kappa shape index (κ1) is 29.4. The van der Waals surface area contributed by atoms with E-state index in [1.165, 1.54) is 42.6 Å². The van der Waals surface area contributed by atoms with Gasteiger partial charge in [0, 0.05) is 56.3 Å². The van der Waals surface area contributed by atoms with Crippen LogP contribution in [-0.4, -0.2) is 65.9 Å². The molecule has 2 aliphatic heterocycles. The van der Waals surface area contributed by atoms with Crippen molar-refractivity contribution >= 4 is 15.9 Å². The van der Waals surface area contributed by atoms with Crippen molar-refractivity contribution in [2.24, 2.45) is 5.92 Å². The molecule has 1 fully saturated rings. The lowest BCUT2D eigenvalue weighted by atomic mass is 9.84. The zero-order chi connectivity index (χ0) is 30.2. The molecule has 2 aromatic heterocycles. The van der Waals surface area contributed by atoms with Gasteiger partial charge in [-0.3, -0.25) is 14.4 Å². The number of ether oxygens (including phenoxy) is 1. The summed E-state index contributed by atoms with van der Waals surface area (Å²) in [7, 11) is -2.35. The molecule has 3 N–H and O–H groups in total. The Hall–Kier alpha value is -4.10. The Morgan fingerprint density at radius 2 is 1.93 bits per heavy atom. The van der Waals surface area contributed by atoms with Gasteiger partial charge in [-0.25, -0.2) is 12.7 Å². The summed E-state index contributed by atoms with van der Waals surface area (Å²) in [6.45, 7) is 2.43. The van der Waals surface area contributed by atoms with Gasteiger partial charge < -0.3 is 29.3 Å². The number of fused-ring (bicyclic) bond motifs is 4. The average molecular weight is 600 g/mol. The van der Waals surface area contributed by atoms with Crippen molar-refractivity contribution in [2.45, 2.75) is 38.1 Å². The molecule has 4 heterocycles. The second-order valence-electron chi connectivity index (χ2n) is 10.8. The van der Waals surface area contributed by atoms with Gasteiger partial charge in [0.25, 0.3) is 5.56 Å². The molecule has 2 aliphatic rings. The van der Waals surface area contributed by atoms with E-state index in [-0.39, 0.29) is 65.7 Å². The molecular weight excluding hydrogens is 566 g/mol. The van der Waals surface area contributed by atoms with Crippen molar-refractivity contribution in [3.05, 3.63) is 85.8 Å². The Kier molecular flexibility index (Phi) is 8.15. The number of phenolic OH excluding ortho intramolecular Hbond substituents is 1.